The molecule has 0 atom stereocenters. The first-order valence-electron chi connectivity index (χ1n) is 11.3. The van der Waals surface area contributed by atoms with E-state index in [-0.39, 0.29) is 5.91 Å². The number of imidazole rings is 1. The highest BCUT2D eigenvalue weighted by molar-refractivity contribution is 5.94. The summed E-state index contributed by atoms with van der Waals surface area (Å²) in [4.78, 5) is 17.0. The second-order valence-corrected chi connectivity index (χ2v) is 8.08. The Kier molecular flexibility index (Phi) is 5.97. The van der Waals surface area contributed by atoms with Crippen LogP contribution in [0.5, 0.6) is 0 Å². The van der Waals surface area contributed by atoms with Gasteiger partial charge < -0.3 is 11.1 Å². The van der Waals surface area contributed by atoms with E-state index in [1.54, 1.807) is 23.1 Å². The summed E-state index contributed by atoms with van der Waals surface area (Å²) in [6.07, 6.45) is 2.94. The molecule has 8 heteroatoms. The third kappa shape index (κ3) is 4.35. The van der Waals surface area contributed by atoms with E-state index >= 15 is 0 Å². The van der Waals surface area contributed by atoms with Crippen LogP contribution >= 0.6 is 0 Å². The summed E-state index contributed by atoms with van der Waals surface area (Å²) in [5, 5.41) is 17.0. The van der Waals surface area contributed by atoms with Gasteiger partial charge in [-0.25, -0.2) is 9.67 Å². The summed E-state index contributed by atoms with van der Waals surface area (Å²) in [6, 6.07) is 26.9. The second-order valence-electron chi connectivity index (χ2n) is 8.08. The third-order valence-corrected chi connectivity index (χ3v) is 5.84. The minimum absolute atomic E-state index is 0.151. The molecule has 5 rings (SSSR count). The first kappa shape index (κ1) is 21.9. The molecule has 0 fully saturated rings. The molecule has 1 amide bonds. The second kappa shape index (κ2) is 9.53. The number of aryl methyl sites for hydroxylation is 1. The lowest BCUT2D eigenvalue weighted by Gasteiger charge is -2.07. The lowest BCUT2D eigenvalue weighted by atomic mass is 10.1. The molecule has 0 aliphatic rings. The van der Waals surface area contributed by atoms with Gasteiger partial charge in [-0.2, -0.15) is 10.4 Å². The number of rotatable bonds is 7. The number of nitrogens with two attached hydrogens (primary N) is 1. The third-order valence-electron chi connectivity index (χ3n) is 5.84. The zero-order valence-corrected chi connectivity index (χ0v) is 18.9. The number of carbonyl (C=O) groups is 1. The fraction of sp³-hybridized carbons (Fsp3) is 0.111. The van der Waals surface area contributed by atoms with Gasteiger partial charge in [0.05, 0.1) is 22.4 Å². The molecule has 0 radical (unpaired) electrons. The Hall–Kier alpha value is -4.90. The Balaban J connectivity index is 1.20. The van der Waals surface area contributed by atoms with Crippen LogP contribution in [0.4, 0.5) is 5.82 Å². The maximum absolute atomic E-state index is 12.6. The minimum Gasteiger partial charge on any atom is -0.382 e. The van der Waals surface area contributed by atoms with E-state index in [0.717, 1.165) is 22.4 Å². The van der Waals surface area contributed by atoms with Gasteiger partial charge in [-0.1, -0.05) is 30.3 Å². The van der Waals surface area contributed by atoms with Crippen molar-refractivity contribution in [2.45, 2.75) is 12.8 Å². The fourth-order valence-corrected chi connectivity index (χ4v) is 4.04. The number of anilines is 1. The molecular formula is C27H23N7O. The van der Waals surface area contributed by atoms with Crippen LogP contribution in [0.15, 0.2) is 85.2 Å². The molecule has 0 saturated heterocycles. The Morgan fingerprint density at radius 1 is 0.971 bits per heavy atom. The number of carbonyl (C=O) groups excluding carboxylic acids is 1. The van der Waals surface area contributed by atoms with E-state index in [1.165, 1.54) is 0 Å². The summed E-state index contributed by atoms with van der Waals surface area (Å²) < 4.78 is 3.57. The number of nitrogen functional groups attached to an aromatic ring is 1. The molecule has 0 unspecified atom stereocenters. The van der Waals surface area contributed by atoms with Gasteiger partial charge in [-0.05, 0) is 61.4 Å². The van der Waals surface area contributed by atoms with E-state index in [2.05, 4.69) is 21.5 Å². The maximum Gasteiger partial charge on any atom is 0.251 e. The van der Waals surface area contributed by atoms with Crippen LogP contribution in [0.3, 0.4) is 0 Å². The number of hydrogen-bond donors (Lipinski definition) is 2. The molecule has 0 saturated carbocycles. The maximum atomic E-state index is 12.6. The highest BCUT2D eigenvalue weighted by atomic mass is 16.1. The van der Waals surface area contributed by atoms with Crippen molar-refractivity contribution in [1.82, 2.24) is 24.6 Å². The van der Waals surface area contributed by atoms with Crippen molar-refractivity contribution in [2.75, 3.05) is 12.3 Å². The molecule has 0 aliphatic carbocycles. The van der Waals surface area contributed by atoms with Crippen LogP contribution in [0.1, 0.15) is 28.0 Å². The zero-order chi connectivity index (χ0) is 24.2. The number of aromatic nitrogens is 4. The van der Waals surface area contributed by atoms with Crippen molar-refractivity contribution < 1.29 is 4.79 Å². The van der Waals surface area contributed by atoms with Crippen molar-refractivity contribution in [3.8, 4) is 17.4 Å². The van der Waals surface area contributed by atoms with Gasteiger partial charge in [0.1, 0.15) is 23.8 Å². The predicted molar refractivity (Wildman–Crippen MR) is 134 cm³/mol. The van der Waals surface area contributed by atoms with E-state index in [0.29, 0.717) is 42.0 Å². The number of hydrogen-bond acceptors (Lipinski definition) is 5. The van der Waals surface area contributed by atoms with Crippen LogP contribution in [-0.4, -0.2) is 31.8 Å². The van der Waals surface area contributed by atoms with Crippen LogP contribution in [0.2, 0.25) is 0 Å². The minimum atomic E-state index is -0.151. The molecule has 0 spiro atoms. The Morgan fingerprint density at radius 2 is 1.71 bits per heavy atom. The Bertz CT molecular complexity index is 1530. The number of nitrogens with zero attached hydrogens (tertiary/aromatic N) is 5. The first-order chi connectivity index (χ1) is 17.2. The van der Waals surface area contributed by atoms with Gasteiger partial charge in [-0.15, -0.1) is 0 Å². The van der Waals surface area contributed by atoms with Crippen LogP contribution in [0.25, 0.3) is 22.4 Å². The average Bonchev–Trinajstić information content (AvgIpc) is 3.47. The normalized spacial score (nSPS) is 10.8. The molecule has 172 valence electrons. The molecule has 0 bridgehead atoms. The number of para-hydroxylation sites is 3. The van der Waals surface area contributed by atoms with Crippen molar-refractivity contribution >= 4 is 22.8 Å². The number of fused-ring (bicyclic) bond motifs is 1. The van der Waals surface area contributed by atoms with Crippen molar-refractivity contribution in [3.05, 3.63) is 102 Å². The van der Waals surface area contributed by atoms with E-state index in [1.807, 2.05) is 71.3 Å². The molecule has 2 aromatic heterocycles. The number of benzene rings is 3. The standard InChI is InChI=1S/C27H23N7O/c28-17-22-23(32-34(26(22)29)21-7-2-1-3-8-21)10-6-16-30-27(35)19-12-14-20(15-13-19)33-18-31-24-9-4-5-11-25(24)33/h1-5,7-9,11-15,18H,6,10,16,29H2,(H,30,35). The van der Waals surface area contributed by atoms with E-state index in [9.17, 15) is 10.1 Å². The largest absolute Gasteiger partial charge is 0.382 e. The smallest absolute Gasteiger partial charge is 0.251 e. The van der Waals surface area contributed by atoms with Gasteiger partial charge in [-0.3, -0.25) is 9.36 Å². The Labute approximate surface area is 202 Å². The van der Waals surface area contributed by atoms with Crippen molar-refractivity contribution in [1.29, 1.82) is 5.26 Å². The number of amides is 1. The molecule has 3 N–H and O–H groups in total. The molecule has 0 aliphatic heterocycles. The SMILES string of the molecule is N#Cc1c(CCCNC(=O)c2ccc(-n3cnc4ccccc43)cc2)nn(-c2ccccc2)c1N. The average molecular weight is 462 g/mol. The molecule has 35 heavy (non-hydrogen) atoms. The van der Waals surface area contributed by atoms with Crippen molar-refractivity contribution in [2.24, 2.45) is 0 Å². The molecule has 8 nitrogen and oxygen atoms in total. The van der Waals surface area contributed by atoms with Crippen molar-refractivity contribution in [3.63, 3.8) is 0 Å². The van der Waals surface area contributed by atoms with Gasteiger partial charge in [0, 0.05) is 17.8 Å². The Morgan fingerprint density at radius 3 is 2.49 bits per heavy atom. The number of nitrogens with one attached hydrogen (secondary N) is 1. The summed E-state index contributed by atoms with van der Waals surface area (Å²) in [7, 11) is 0. The van der Waals surface area contributed by atoms with Gasteiger partial charge >= 0.3 is 0 Å². The van der Waals surface area contributed by atoms with Crippen LogP contribution in [-0.2, 0) is 6.42 Å². The summed E-state index contributed by atoms with van der Waals surface area (Å²) >= 11 is 0. The number of nitriles is 1. The highest BCUT2D eigenvalue weighted by Crippen LogP contribution is 2.21. The van der Waals surface area contributed by atoms with Crippen LogP contribution in [0, 0.1) is 11.3 Å². The fourth-order valence-electron chi connectivity index (χ4n) is 4.04. The quantitative estimate of drug-likeness (QED) is 0.355. The zero-order valence-electron chi connectivity index (χ0n) is 18.9. The molecular weight excluding hydrogens is 438 g/mol. The molecule has 3 aromatic carbocycles. The van der Waals surface area contributed by atoms with Gasteiger partial charge in [0.25, 0.3) is 5.91 Å². The monoisotopic (exact) mass is 461 g/mol. The van der Waals surface area contributed by atoms with Crippen LogP contribution < -0.4 is 11.1 Å². The summed E-state index contributed by atoms with van der Waals surface area (Å²) in [6.45, 7) is 0.454. The van der Waals surface area contributed by atoms with E-state index in [4.69, 9.17) is 5.73 Å². The molecule has 2 heterocycles. The molecule has 5 aromatic rings. The topological polar surface area (TPSA) is 115 Å². The van der Waals surface area contributed by atoms with E-state index < -0.39 is 0 Å². The lowest BCUT2D eigenvalue weighted by Crippen LogP contribution is -2.24. The lowest BCUT2D eigenvalue weighted by molar-refractivity contribution is 0.0953. The summed E-state index contributed by atoms with van der Waals surface area (Å²) in [5.74, 6) is 0.172. The van der Waals surface area contributed by atoms with Gasteiger partial charge in [0.2, 0.25) is 0 Å². The first-order valence-corrected chi connectivity index (χ1v) is 11.3. The van der Waals surface area contributed by atoms with Gasteiger partial charge in [0.15, 0.2) is 0 Å². The summed E-state index contributed by atoms with van der Waals surface area (Å²) in [5.41, 5.74) is 11.4. The predicted octanol–water partition coefficient (Wildman–Crippen LogP) is 4.03. The highest BCUT2D eigenvalue weighted by Gasteiger charge is 2.16.